The van der Waals surface area contributed by atoms with E-state index in [-0.39, 0.29) is 6.10 Å². The molecule has 84 valence electrons. The highest BCUT2D eigenvalue weighted by molar-refractivity contribution is 7.80. The van der Waals surface area contributed by atoms with Gasteiger partial charge in [0, 0.05) is 27.3 Å². The van der Waals surface area contributed by atoms with Crippen LogP contribution in [-0.4, -0.2) is 45.1 Å². The van der Waals surface area contributed by atoms with E-state index in [0.29, 0.717) is 18.3 Å². The van der Waals surface area contributed by atoms with Gasteiger partial charge in [-0.2, -0.15) is 0 Å². The first-order valence-electron chi connectivity index (χ1n) is 4.78. The minimum atomic E-state index is 0.0429. The zero-order valence-electron chi connectivity index (χ0n) is 9.13. The van der Waals surface area contributed by atoms with Crippen LogP contribution in [-0.2, 0) is 9.47 Å². The van der Waals surface area contributed by atoms with Gasteiger partial charge in [-0.3, -0.25) is 0 Å². The summed E-state index contributed by atoms with van der Waals surface area (Å²) in [6.45, 7) is 4.23. The molecule has 2 N–H and O–H groups in total. The van der Waals surface area contributed by atoms with Crippen molar-refractivity contribution in [1.29, 1.82) is 0 Å². The summed E-state index contributed by atoms with van der Waals surface area (Å²) in [5, 5.41) is 6.82. The number of methoxy groups -OCH3 is 2. The van der Waals surface area contributed by atoms with Crippen LogP contribution in [0.1, 0.15) is 13.3 Å². The molecular weight excluding hydrogens is 200 g/mol. The van der Waals surface area contributed by atoms with Crippen molar-refractivity contribution >= 4 is 17.3 Å². The Morgan fingerprint density at radius 2 is 2.07 bits per heavy atom. The maximum Gasteiger partial charge on any atom is 0.166 e. The van der Waals surface area contributed by atoms with E-state index in [4.69, 9.17) is 21.7 Å². The van der Waals surface area contributed by atoms with E-state index >= 15 is 0 Å². The Labute approximate surface area is 91.3 Å². The maximum absolute atomic E-state index is 5.17. The van der Waals surface area contributed by atoms with Crippen LogP contribution in [0.4, 0.5) is 0 Å². The molecule has 0 amide bonds. The first-order chi connectivity index (χ1) is 6.74. The molecule has 0 aromatic heterocycles. The molecule has 0 heterocycles. The average molecular weight is 220 g/mol. The Morgan fingerprint density at radius 3 is 2.57 bits per heavy atom. The first kappa shape index (κ1) is 13.6. The highest BCUT2D eigenvalue weighted by atomic mass is 32.1. The lowest BCUT2D eigenvalue weighted by Gasteiger charge is -2.16. The third kappa shape index (κ3) is 7.06. The molecule has 5 heteroatoms. The lowest BCUT2D eigenvalue weighted by molar-refractivity contribution is 0.0315. The number of nitrogens with one attached hydrogen (secondary N) is 2. The molecule has 0 spiro atoms. The van der Waals surface area contributed by atoms with Crippen molar-refractivity contribution in [3.63, 3.8) is 0 Å². The van der Waals surface area contributed by atoms with Crippen LogP contribution >= 0.6 is 12.2 Å². The molecule has 0 aliphatic carbocycles. The van der Waals surface area contributed by atoms with Gasteiger partial charge in [-0.05, 0) is 18.6 Å². The van der Waals surface area contributed by atoms with Crippen LogP contribution in [0.3, 0.4) is 0 Å². The molecular formula is C9H20N2O2S. The molecule has 0 saturated heterocycles. The number of ether oxygens (including phenoxy) is 2. The number of rotatable bonds is 7. The second-order valence-corrected chi connectivity index (χ2v) is 3.36. The van der Waals surface area contributed by atoms with Crippen molar-refractivity contribution in [2.75, 3.05) is 33.9 Å². The summed E-state index contributed by atoms with van der Waals surface area (Å²) in [6, 6.07) is 0. The van der Waals surface area contributed by atoms with Crippen LogP contribution in [0.5, 0.6) is 0 Å². The Balaban J connectivity index is 3.52. The molecule has 0 aromatic carbocycles. The Bertz CT molecular complexity index is 156. The summed E-state index contributed by atoms with van der Waals surface area (Å²) in [4.78, 5) is 0. The van der Waals surface area contributed by atoms with Crippen LogP contribution in [0, 0.1) is 0 Å². The zero-order valence-corrected chi connectivity index (χ0v) is 9.95. The Kier molecular flexibility index (Phi) is 8.92. The fourth-order valence-electron chi connectivity index (χ4n) is 0.904. The predicted octanol–water partition coefficient (Wildman–Crippen LogP) is 0.522. The van der Waals surface area contributed by atoms with E-state index in [2.05, 4.69) is 17.6 Å². The van der Waals surface area contributed by atoms with Gasteiger partial charge in [-0.25, -0.2) is 0 Å². The fraction of sp³-hybridized carbons (Fsp3) is 0.889. The zero-order chi connectivity index (χ0) is 10.8. The smallest absolute Gasteiger partial charge is 0.166 e. The number of thiocarbonyl (C=S) groups is 1. The van der Waals surface area contributed by atoms with Gasteiger partial charge in [0.05, 0.1) is 12.7 Å². The van der Waals surface area contributed by atoms with Crippen LogP contribution in [0.25, 0.3) is 0 Å². The van der Waals surface area contributed by atoms with Crippen molar-refractivity contribution in [2.45, 2.75) is 19.4 Å². The van der Waals surface area contributed by atoms with Gasteiger partial charge in [-0.15, -0.1) is 0 Å². The summed E-state index contributed by atoms with van der Waals surface area (Å²) >= 11 is 5.05. The Hall–Kier alpha value is -0.390. The van der Waals surface area contributed by atoms with Gasteiger partial charge < -0.3 is 20.1 Å². The predicted molar refractivity (Wildman–Crippen MR) is 61.6 cm³/mol. The quantitative estimate of drug-likeness (QED) is 0.612. The third-order valence-corrected chi connectivity index (χ3v) is 2.00. The number of hydrogen-bond donors (Lipinski definition) is 2. The second-order valence-electron chi connectivity index (χ2n) is 2.95. The fourth-order valence-corrected chi connectivity index (χ4v) is 1.09. The van der Waals surface area contributed by atoms with Gasteiger partial charge in [0.2, 0.25) is 0 Å². The third-order valence-electron chi connectivity index (χ3n) is 1.71. The van der Waals surface area contributed by atoms with E-state index in [1.807, 2.05) is 0 Å². The Morgan fingerprint density at radius 1 is 1.36 bits per heavy atom. The van der Waals surface area contributed by atoms with Crippen molar-refractivity contribution in [3.8, 4) is 0 Å². The van der Waals surface area contributed by atoms with Crippen molar-refractivity contribution < 1.29 is 9.47 Å². The van der Waals surface area contributed by atoms with E-state index in [9.17, 15) is 0 Å². The molecule has 1 atom stereocenters. The van der Waals surface area contributed by atoms with Gasteiger partial charge in [-0.1, -0.05) is 6.92 Å². The average Bonchev–Trinajstić information content (AvgIpc) is 2.21. The normalized spacial score (nSPS) is 12.2. The summed E-state index contributed by atoms with van der Waals surface area (Å²) in [5.74, 6) is 0. The van der Waals surface area contributed by atoms with Crippen molar-refractivity contribution in [3.05, 3.63) is 0 Å². The molecule has 0 aromatic rings. The minimum Gasteiger partial charge on any atom is -0.382 e. The van der Waals surface area contributed by atoms with Gasteiger partial charge >= 0.3 is 0 Å². The lowest BCUT2D eigenvalue weighted by atomic mass is 10.4. The lowest BCUT2D eigenvalue weighted by Crippen LogP contribution is -2.41. The van der Waals surface area contributed by atoms with E-state index in [1.54, 1.807) is 14.2 Å². The molecule has 14 heavy (non-hydrogen) atoms. The van der Waals surface area contributed by atoms with Crippen molar-refractivity contribution in [1.82, 2.24) is 10.6 Å². The molecule has 0 radical (unpaired) electrons. The summed E-state index contributed by atoms with van der Waals surface area (Å²) in [6.07, 6.45) is 1.11. The monoisotopic (exact) mass is 220 g/mol. The SMILES string of the molecule is CCCNC(=S)NCC(COC)OC. The number of hydrogen-bond acceptors (Lipinski definition) is 3. The first-order valence-corrected chi connectivity index (χ1v) is 5.18. The summed E-state index contributed by atoms with van der Waals surface area (Å²) < 4.78 is 10.2. The molecule has 0 aliphatic rings. The van der Waals surface area contributed by atoms with Crippen LogP contribution in [0.2, 0.25) is 0 Å². The molecule has 0 aliphatic heterocycles. The van der Waals surface area contributed by atoms with Crippen molar-refractivity contribution in [2.24, 2.45) is 0 Å². The van der Waals surface area contributed by atoms with E-state index in [0.717, 1.165) is 13.0 Å². The standard InChI is InChI=1S/C9H20N2O2S/c1-4-5-10-9(14)11-6-8(13-3)7-12-2/h8H,4-7H2,1-3H3,(H2,10,11,14). The topological polar surface area (TPSA) is 42.5 Å². The summed E-state index contributed by atoms with van der Waals surface area (Å²) in [7, 11) is 3.31. The molecule has 0 bridgehead atoms. The molecule has 4 nitrogen and oxygen atoms in total. The largest absolute Gasteiger partial charge is 0.382 e. The highest BCUT2D eigenvalue weighted by Crippen LogP contribution is 1.88. The van der Waals surface area contributed by atoms with Crippen LogP contribution in [0.15, 0.2) is 0 Å². The maximum atomic E-state index is 5.17. The molecule has 0 fully saturated rings. The molecule has 1 unspecified atom stereocenters. The van der Waals surface area contributed by atoms with E-state index < -0.39 is 0 Å². The van der Waals surface area contributed by atoms with E-state index in [1.165, 1.54) is 0 Å². The minimum absolute atomic E-state index is 0.0429. The van der Waals surface area contributed by atoms with Crippen LogP contribution < -0.4 is 10.6 Å². The summed E-state index contributed by atoms with van der Waals surface area (Å²) in [5.41, 5.74) is 0. The van der Waals surface area contributed by atoms with Gasteiger partial charge in [0.1, 0.15) is 0 Å². The van der Waals surface area contributed by atoms with Gasteiger partial charge in [0.25, 0.3) is 0 Å². The second kappa shape index (κ2) is 9.18. The highest BCUT2D eigenvalue weighted by Gasteiger charge is 2.06. The van der Waals surface area contributed by atoms with Gasteiger partial charge in [0.15, 0.2) is 5.11 Å². The molecule has 0 rings (SSSR count). The molecule has 0 saturated carbocycles.